The van der Waals surface area contributed by atoms with E-state index >= 15 is 0 Å². The van der Waals surface area contributed by atoms with Gasteiger partial charge in [0, 0.05) is 18.6 Å². The highest BCUT2D eigenvalue weighted by Crippen LogP contribution is 2.21. The predicted molar refractivity (Wildman–Crippen MR) is 86.7 cm³/mol. The number of carbonyl (C=O) groups is 2. The lowest BCUT2D eigenvalue weighted by Crippen LogP contribution is -2.45. The molecule has 1 rings (SSSR count). The second-order valence-electron chi connectivity index (χ2n) is 4.75. The molecule has 0 radical (unpaired) electrons. The van der Waals surface area contributed by atoms with E-state index in [1.165, 1.54) is 24.3 Å². The highest BCUT2D eigenvalue weighted by Gasteiger charge is 2.26. The van der Waals surface area contributed by atoms with Crippen molar-refractivity contribution in [3.63, 3.8) is 0 Å². The van der Waals surface area contributed by atoms with Crippen LogP contribution in [0.15, 0.2) is 24.3 Å². The molecule has 0 spiro atoms. The molecule has 0 fully saturated rings. The van der Waals surface area contributed by atoms with Crippen LogP contribution in [0.3, 0.4) is 0 Å². The van der Waals surface area contributed by atoms with E-state index in [-0.39, 0.29) is 18.7 Å². The maximum absolute atomic E-state index is 11.6. The number of nitrogens with zero attached hydrogens (tertiary/aromatic N) is 1. The molecule has 2 N–H and O–H groups in total. The van der Waals surface area contributed by atoms with E-state index in [9.17, 15) is 24.8 Å². The van der Waals surface area contributed by atoms with Gasteiger partial charge in [0.1, 0.15) is 12.7 Å². The summed E-state index contributed by atoms with van der Waals surface area (Å²) in [5, 5.41) is 23.4. The minimum atomic E-state index is -1.36. The van der Waals surface area contributed by atoms with Gasteiger partial charge in [0.05, 0.1) is 11.0 Å². The van der Waals surface area contributed by atoms with E-state index in [1.807, 2.05) is 0 Å². The minimum Gasteiger partial charge on any atom is -0.463 e. The molecule has 1 aromatic rings. The van der Waals surface area contributed by atoms with Gasteiger partial charge in [-0.05, 0) is 17.7 Å². The number of nitro groups is 1. The number of alkyl halides is 2. The van der Waals surface area contributed by atoms with E-state index in [4.69, 9.17) is 27.9 Å². The Bertz CT molecular complexity index is 593. The van der Waals surface area contributed by atoms with Gasteiger partial charge in [0.25, 0.3) is 11.6 Å². The molecule has 10 heteroatoms. The van der Waals surface area contributed by atoms with E-state index in [0.717, 1.165) is 0 Å². The van der Waals surface area contributed by atoms with Crippen LogP contribution >= 0.6 is 23.2 Å². The smallest absolute Gasteiger partial charge is 0.305 e. The zero-order chi connectivity index (χ0) is 18.3. The van der Waals surface area contributed by atoms with Crippen molar-refractivity contribution in [1.29, 1.82) is 0 Å². The van der Waals surface area contributed by atoms with Crippen LogP contribution in [0.5, 0.6) is 0 Å². The Kier molecular flexibility index (Phi) is 7.90. The quantitative estimate of drug-likeness (QED) is 0.308. The molecule has 1 aromatic carbocycles. The second-order valence-corrected chi connectivity index (χ2v) is 5.84. The molecule has 1 amide bonds. The highest BCUT2D eigenvalue weighted by molar-refractivity contribution is 6.53. The maximum Gasteiger partial charge on any atom is 0.305 e. The zero-order valence-electron chi connectivity index (χ0n) is 12.6. The molecule has 0 saturated heterocycles. The van der Waals surface area contributed by atoms with Crippen molar-refractivity contribution in [1.82, 2.24) is 5.32 Å². The van der Waals surface area contributed by atoms with Crippen LogP contribution in [0.4, 0.5) is 5.69 Å². The van der Waals surface area contributed by atoms with Gasteiger partial charge in [0.15, 0.2) is 4.84 Å². The molecule has 0 unspecified atom stereocenters. The van der Waals surface area contributed by atoms with Gasteiger partial charge in [-0.25, -0.2) is 0 Å². The topological polar surface area (TPSA) is 119 Å². The number of nitro benzene ring substituents is 1. The first-order valence-corrected chi connectivity index (χ1v) is 7.80. The van der Waals surface area contributed by atoms with Gasteiger partial charge in [-0.1, -0.05) is 30.1 Å². The molecule has 8 nitrogen and oxygen atoms in total. The number of aliphatic hydroxyl groups excluding tert-OH is 1. The van der Waals surface area contributed by atoms with Crippen LogP contribution in [-0.2, 0) is 14.3 Å². The third kappa shape index (κ3) is 5.95. The zero-order valence-corrected chi connectivity index (χ0v) is 14.2. The first-order chi connectivity index (χ1) is 11.3. The summed E-state index contributed by atoms with van der Waals surface area (Å²) in [7, 11) is 0. The molecule has 0 aliphatic heterocycles. The van der Waals surface area contributed by atoms with E-state index < -0.39 is 33.8 Å². The summed E-state index contributed by atoms with van der Waals surface area (Å²) in [6.07, 6.45) is -1.16. The number of esters is 1. The van der Waals surface area contributed by atoms with Gasteiger partial charge in [-0.2, -0.15) is 0 Å². The van der Waals surface area contributed by atoms with Crippen molar-refractivity contribution in [3.05, 3.63) is 39.9 Å². The summed E-state index contributed by atoms with van der Waals surface area (Å²) < 4.78 is 4.93. The number of aliphatic hydroxyl groups is 1. The van der Waals surface area contributed by atoms with E-state index in [1.54, 1.807) is 6.92 Å². The number of nitrogens with one attached hydrogen (secondary N) is 1. The maximum atomic E-state index is 11.6. The largest absolute Gasteiger partial charge is 0.463 e. The molecule has 0 bridgehead atoms. The van der Waals surface area contributed by atoms with Gasteiger partial charge in [0.2, 0.25) is 0 Å². The number of carbonyl (C=O) groups excluding carboxylic acids is 2. The van der Waals surface area contributed by atoms with Gasteiger partial charge < -0.3 is 15.2 Å². The van der Waals surface area contributed by atoms with Gasteiger partial charge >= 0.3 is 5.97 Å². The fourth-order valence-electron chi connectivity index (χ4n) is 1.77. The van der Waals surface area contributed by atoms with E-state index in [2.05, 4.69) is 5.32 Å². The Hall–Kier alpha value is -1.90. The standard InChI is InChI=1S/C14H16Cl2N2O6/c1-2-11(19)24-7-10(17-14(21)13(15)16)12(20)8-3-5-9(6-4-8)18(22)23/h3-6,10,12-13,20H,2,7H2,1H3,(H,17,21)/t10-,12-/m1/s1. The summed E-state index contributed by atoms with van der Waals surface area (Å²) in [6.45, 7) is 1.29. The van der Waals surface area contributed by atoms with Crippen LogP contribution < -0.4 is 5.32 Å². The summed E-state index contributed by atoms with van der Waals surface area (Å²) in [5.41, 5.74) is 0.143. The fraction of sp³-hybridized carbons (Fsp3) is 0.429. The number of non-ortho nitro benzene ring substituents is 1. The summed E-state index contributed by atoms with van der Waals surface area (Å²) in [4.78, 5) is 31.6. The molecule has 0 aliphatic carbocycles. The summed E-state index contributed by atoms with van der Waals surface area (Å²) in [5.74, 6) is -1.28. The first-order valence-electron chi connectivity index (χ1n) is 6.92. The third-order valence-electron chi connectivity index (χ3n) is 3.06. The number of hydrogen-bond donors (Lipinski definition) is 2. The molecule has 0 aromatic heterocycles. The Labute approximate surface area is 147 Å². The van der Waals surface area contributed by atoms with E-state index in [0.29, 0.717) is 5.56 Å². The number of rotatable bonds is 8. The third-order valence-corrected chi connectivity index (χ3v) is 3.46. The first kappa shape index (κ1) is 20.1. The second kappa shape index (κ2) is 9.41. The lowest BCUT2D eigenvalue weighted by Gasteiger charge is -2.24. The SMILES string of the molecule is CCC(=O)OC[C@@H](NC(=O)C(Cl)Cl)[C@H](O)c1ccc([N+](=O)[O-])cc1. The van der Waals surface area contributed by atoms with Crippen LogP contribution in [0.2, 0.25) is 0 Å². The Morgan fingerprint density at radius 1 is 1.33 bits per heavy atom. The van der Waals surface area contributed by atoms with Crippen molar-refractivity contribution in [3.8, 4) is 0 Å². The van der Waals surface area contributed by atoms with Crippen LogP contribution in [0.25, 0.3) is 0 Å². The molecule has 0 saturated carbocycles. The molecular weight excluding hydrogens is 363 g/mol. The average molecular weight is 379 g/mol. The van der Waals surface area contributed by atoms with Crippen LogP contribution in [-0.4, -0.2) is 39.4 Å². The van der Waals surface area contributed by atoms with Crippen LogP contribution in [0, 0.1) is 10.1 Å². The number of amides is 1. The highest BCUT2D eigenvalue weighted by atomic mass is 35.5. The fourth-order valence-corrected chi connectivity index (χ4v) is 1.89. The van der Waals surface area contributed by atoms with Crippen molar-refractivity contribution in [2.75, 3.05) is 6.61 Å². The van der Waals surface area contributed by atoms with Crippen LogP contribution in [0.1, 0.15) is 25.0 Å². The molecule has 2 atom stereocenters. The summed E-state index contributed by atoms with van der Waals surface area (Å²) >= 11 is 10.9. The van der Waals surface area contributed by atoms with Crippen molar-refractivity contribution < 1.29 is 24.4 Å². The number of hydrogen-bond acceptors (Lipinski definition) is 6. The van der Waals surface area contributed by atoms with Crippen molar-refractivity contribution >= 4 is 40.8 Å². The Morgan fingerprint density at radius 3 is 2.38 bits per heavy atom. The predicted octanol–water partition coefficient (Wildman–Crippen LogP) is 1.87. The van der Waals surface area contributed by atoms with Gasteiger partial charge in [-0.15, -0.1) is 0 Å². The minimum absolute atomic E-state index is 0.127. The average Bonchev–Trinajstić information content (AvgIpc) is 2.57. The number of benzene rings is 1. The molecule has 0 heterocycles. The molecular formula is C14H16Cl2N2O6. The molecule has 132 valence electrons. The Balaban J connectivity index is 2.91. The normalized spacial score (nSPS) is 13.2. The monoisotopic (exact) mass is 378 g/mol. The molecule has 24 heavy (non-hydrogen) atoms. The number of halogens is 2. The lowest BCUT2D eigenvalue weighted by atomic mass is 10.0. The molecule has 0 aliphatic rings. The lowest BCUT2D eigenvalue weighted by molar-refractivity contribution is -0.384. The number of ether oxygens (including phenoxy) is 1. The van der Waals surface area contributed by atoms with Gasteiger partial charge in [-0.3, -0.25) is 19.7 Å². The van der Waals surface area contributed by atoms with Crippen molar-refractivity contribution in [2.24, 2.45) is 0 Å². The van der Waals surface area contributed by atoms with Crippen molar-refractivity contribution in [2.45, 2.75) is 30.3 Å². The Morgan fingerprint density at radius 2 is 1.92 bits per heavy atom. The summed E-state index contributed by atoms with van der Waals surface area (Å²) in [6, 6.07) is 4.07.